The lowest BCUT2D eigenvalue weighted by Gasteiger charge is -2.22. The Labute approximate surface area is 94.2 Å². The van der Waals surface area contributed by atoms with Gasteiger partial charge in [-0.15, -0.1) is 0 Å². The summed E-state index contributed by atoms with van der Waals surface area (Å²) in [4.78, 5) is 5.25. The van der Waals surface area contributed by atoms with Gasteiger partial charge in [-0.3, -0.25) is 0 Å². The van der Waals surface area contributed by atoms with Crippen LogP contribution in [0.2, 0.25) is 0 Å². The number of rotatable bonds is 2. The Bertz CT molecular complexity index is 424. The predicted molar refractivity (Wildman–Crippen MR) is 61.9 cm³/mol. The molecule has 1 heterocycles. The summed E-state index contributed by atoms with van der Waals surface area (Å²) in [6.45, 7) is 4.02. The minimum Gasteiger partial charge on any atom is -0.411 e. The summed E-state index contributed by atoms with van der Waals surface area (Å²) < 4.78 is 0. The van der Waals surface area contributed by atoms with E-state index < -0.39 is 0 Å². The highest BCUT2D eigenvalue weighted by Gasteiger charge is 2.41. The van der Waals surface area contributed by atoms with Crippen LogP contribution >= 0.6 is 0 Å². The first kappa shape index (κ1) is 10.7. The van der Waals surface area contributed by atoms with Crippen LogP contribution in [0.3, 0.4) is 0 Å². The van der Waals surface area contributed by atoms with Crippen molar-refractivity contribution in [3.05, 3.63) is 35.9 Å². The Morgan fingerprint density at radius 3 is 2.69 bits per heavy atom. The Morgan fingerprint density at radius 2 is 2.06 bits per heavy atom. The summed E-state index contributed by atoms with van der Waals surface area (Å²) in [6.07, 6.45) is 1.03. The van der Waals surface area contributed by atoms with E-state index in [9.17, 15) is 0 Å². The third-order valence-corrected chi connectivity index (χ3v) is 2.83. The molecular weight excluding hydrogens is 204 g/mol. The monoisotopic (exact) mass is 218 g/mol. The van der Waals surface area contributed by atoms with E-state index in [2.05, 4.69) is 10.3 Å². The van der Waals surface area contributed by atoms with Crippen LogP contribution in [-0.4, -0.2) is 23.2 Å². The number of nitrogens with zero attached hydrogens (tertiary/aromatic N) is 2. The van der Waals surface area contributed by atoms with E-state index in [4.69, 9.17) is 10.0 Å². The zero-order chi connectivity index (χ0) is 11.6. The zero-order valence-electron chi connectivity index (χ0n) is 9.29. The van der Waals surface area contributed by atoms with Gasteiger partial charge < -0.3 is 10.0 Å². The largest absolute Gasteiger partial charge is 0.411 e. The number of oxime groups is 2. The molecule has 2 rings (SSSR count). The van der Waals surface area contributed by atoms with Crippen LogP contribution in [0.5, 0.6) is 0 Å². The fraction of sp³-hybridized carbons (Fsp3) is 0.333. The fourth-order valence-corrected chi connectivity index (χ4v) is 1.79. The minimum atomic E-state index is -0.326. The molecule has 0 fully saturated rings. The molecule has 4 nitrogen and oxygen atoms in total. The lowest BCUT2D eigenvalue weighted by atomic mass is 9.79. The van der Waals surface area contributed by atoms with Crippen molar-refractivity contribution in [1.82, 2.24) is 0 Å². The molecule has 0 saturated carbocycles. The van der Waals surface area contributed by atoms with E-state index in [-0.39, 0.29) is 11.5 Å². The van der Waals surface area contributed by atoms with Crippen molar-refractivity contribution in [3.63, 3.8) is 0 Å². The molecule has 0 aromatic heterocycles. The zero-order valence-corrected chi connectivity index (χ0v) is 9.29. The molecule has 0 radical (unpaired) electrons. The second-order valence-electron chi connectivity index (χ2n) is 4.32. The summed E-state index contributed by atoms with van der Waals surface area (Å²) in [7, 11) is 0. The molecule has 1 aliphatic heterocycles. The molecule has 1 atom stereocenters. The van der Waals surface area contributed by atoms with E-state index in [0.29, 0.717) is 0 Å². The first-order valence-corrected chi connectivity index (χ1v) is 5.13. The topological polar surface area (TPSA) is 54.2 Å². The van der Waals surface area contributed by atoms with Gasteiger partial charge in [0.1, 0.15) is 0 Å². The summed E-state index contributed by atoms with van der Waals surface area (Å²) in [5, 5.41) is 15.6. The van der Waals surface area contributed by atoms with Crippen molar-refractivity contribution < 1.29 is 10.0 Å². The summed E-state index contributed by atoms with van der Waals surface area (Å²) in [6, 6.07) is 9.85. The molecule has 84 valence electrons. The average Bonchev–Trinajstić information content (AvgIpc) is 2.57. The summed E-state index contributed by atoms with van der Waals surface area (Å²) >= 11 is 0. The molecule has 0 saturated heterocycles. The van der Waals surface area contributed by atoms with Gasteiger partial charge in [-0.2, -0.15) is 0 Å². The molecule has 0 spiro atoms. The molecular formula is C12H14N2O2. The van der Waals surface area contributed by atoms with Gasteiger partial charge in [0.25, 0.3) is 0 Å². The van der Waals surface area contributed by atoms with Crippen LogP contribution in [0.15, 0.2) is 40.6 Å². The van der Waals surface area contributed by atoms with Crippen LogP contribution in [0.4, 0.5) is 0 Å². The summed E-state index contributed by atoms with van der Waals surface area (Å²) in [5.74, 6) is 0. The Kier molecular flexibility index (Phi) is 2.64. The van der Waals surface area contributed by atoms with E-state index >= 15 is 0 Å². The van der Waals surface area contributed by atoms with Gasteiger partial charge in [-0.1, -0.05) is 54.5 Å². The van der Waals surface area contributed by atoms with Gasteiger partial charge in [-0.25, -0.2) is 0 Å². The third-order valence-electron chi connectivity index (χ3n) is 2.83. The second kappa shape index (κ2) is 3.96. The van der Waals surface area contributed by atoms with Gasteiger partial charge in [-0.05, 0) is 0 Å². The molecule has 1 aromatic carbocycles. The van der Waals surface area contributed by atoms with Crippen molar-refractivity contribution in [3.8, 4) is 0 Å². The first-order chi connectivity index (χ1) is 7.66. The van der Waals surface area contributed by atoms with Gasteiger partial charge in [0.2, 0.25) is 0 Å². The maximum Gasteiger partial charge on any atom is 0.176 e. The molecule has 16 heavy (non-hydrogen) atoms. The third kappa shape index (κ3) is 1.66. The average molecular weight is 218 g/mol. The van der Waals surface area contributed by atoms with Crippen LogP contribution in [0.1, 0.15) is 19.4 Å². The Hall–Kier alpha value is -1.84. The standard InChI is InChI=1S/C12H14N2O2/c1-12(2)10(8-13-15)16-14-11(12)9-6-4-3-5-7-9/h3-8,10,15H,1-2H3/b13-8+. The fourth-order valence-electron chi connectivity index (χ4n) is 1.79. The molecule has 1 aromatic rings. The molecule has 0 bridgehead atoms. The molecule has 1 N–H and O–H groups in total. The molecule has 1 unspecified atom stereocenters. The van der Waals surface area contributed by atoms with E-state index in [1.165, 1.54) is 6.21 Å². The van der Waals surface area contributed by atoms with Gasteiger partial charge in [0, 0.05) is 5.56 Å². The smallest absolute Gasteiger partial charge is 0.176 e. The quantitative estimate of drug-likeness (QED) is 0.470. The Morgan fingerprint density at radius 1 is 1.38 bits per heavy atom. The van der Waals surface area contributed by atoms with E-state index in [1.54, 1.807) is 0 Å². The number of hydrogen-bond donors (Lipinski definition) is 1. The molecule has 1 aliphatic rings. The predicted octanol–water partition coefficient (Wildman–Crippen LogP) is 2.28. The molecule has 4 heteroatoms. The highest BCUT2D eigenvalue weighted by molar-refractivity contribution is 6.06. The van der Waals surface area contributed by atoms with Crippen LogP contribution in [0.25, 0.3) is 0 Å². The minimum absolute atomic E-state index is 0.298. The number of hydrogen-bond acceptors (Lipinski definition) is 4. The normalized spacial score (nSPS) is 23.1. The maximum atomic E-state index is 8.55. The highest BCUT2D eigenvalue weighted by Crippen LogP contribution is 2.33. The molecule has 0 amide bonds. The van der Waals surface area contributed by atoms with Gasteiger partial charge in [0.15, 0.2) is 6.10 Å². The first-order valence-electron chi connectivity index (χ1n) is 5.13. The SMILES string of the molecule is CC1(C)C(c2ccccc2)=NOC1/C=N/O. The van der Waals surface area contributed by atoms with Gasteiger partial charge in [0.05, 0.1) is 17.3 Å². The number of benzene rings is 1. The van der Waals surface area contributed by atoms with Crippen molar-refractivity contribution in [1.29, 1.82) is 0 Å². The van der Waals surface area contributed by atoms with Gasteiger partial charge >= 0.3 is 0 Å². The van der Waals surface area contributed by atoms with Crippen LogP contribution in [-0.2, 0) is 4.84 Å². The molecule has 0 aliphatic carbocycles. The maximum absolute atomic E-state index is 8.55. The highest BCUT2D eigenvalue weighted by atomic mass is 16.6. The summed E-state index contributed by atoms with van der Waals surface area (Å²) in [5.41, 5.74) is 1.60. The lowest BCUT2D eigenvalue weighted by Crippen LogP contribution is -2.34. The Balaban J connectivity index is 2.32. The van der Waals surface area contributed by atoms with Crippen LogP contribution < -0.4 is 0 Å². The lowest BCUT2D eigenvalue weighted by molar-refractivity contribution is 0.0881. The van der Waals surface area contributed by atoms with E-state index in [1.807, 2.05) is 44.2 Å². The van der Waals surface area contributed by atoms with Crippen molar-refractivity contribution in [2.24, 2.45) is 15.7 Å². The second-order valence-corrected chi connectivity index (χ2v) is 4.32. The van der Waals surface area contributed by atoms with Crippen molar-refractivity contribution in [2.75, 3.05) is 0 Å². The van der Waals surface area contributed by atoms with E-state index in [0.717, 1.165) is 11.3 Å². The van der Waals surface area contributed by atoms with Crippen LogP contribution in [0, 0.1) is 5.41 Å². The van der Waals surface area contributed by atoms with Crippen molar-refractivity contribution >= 4 is 11.9 Å². The van der Waals surface area contributed by atoms with Crippen molar-refractivity contribution in [2.45, 2.75) is 20.0 Å².